The number of benzene rings is 1. The highest BCUT2D eigenvalue weighted by molar-refractivity contribution is 7.89. The lowest BCUT2D eigenvalue weighted by Gasteiger charge is -2.17. The molecule has 0 radical (unpaired) electrons. The molecule has 0 spiro atoms. The van der Waals surface area contributed by atoms with E-state index in [4.69, 9.17) is 5.84 Å². The molecule has 1 heterocycles. The molecule has 2 aromatic rings. The Balaban J connectivity index is 2.19. The van der Waals surface area contributed by atoms with E-state index in [2.05, 4.69) is 15.4 Å². The van der Waals surface area contributed by atoms with Gasteiger partial charge in [-0.1, -0.05) is 12.1 Å². The van der Waals surface area contributed by atoms with Crippen molar-refractivity contribution in [3.63, 3.8) is 0 Å². The second-order valence-electron chi connectivity index (χ2n) is 4.27. The van der Waals surface area contributed by atoms with Crippen molar-refractivity contribution in [2.75, 3.05) is 12.5 Å². The summed E-state index contributed by atoms with van der Waals surface area (Å²) in [7, 11) is -2.30. The Morgan fingerprint density at radius 3 is 2.33 bits per heavy atom. The van der Waals surface area contributed by atoms with Crippen molar-refractivity contribution in [3.8, 4) is 0 Å². The number of anilines is 1. The summed E-state index contributed by atoms with van der Waals surface area (Å²) in [4.78, 5) is 7.47. The lowest BCUT2D eigenvalue weighted by Crippen LogP contribution is -2.27. The molecule has 21 heavy (non-hydrogen) atoms. The van der Waals surface area contributed by atoms with Gasteiger partial charge >= 0.3 is 0 Å². The summed E-state index contributed by atoms with van der Waals surface area (Å²) in [5, 5.41) is 0. The van der Waals surface area contributed by atoms with E-state index in [0.29, 0.717) is 5.56 Å². The third-order valence-electron chi connectivity index (χ3n) is 2.78. The lowest BCUT2D eigenvalue weighted by atomic mass is 10.2. The molecule has 7 nitrogen and oxygen atoms in total. The first-order valence-electron chi connectivity index (χ1n) is 5.93. The van der Waals surface area contributed by atoms with Gasteiger partial charge in [-0.2, -0.15) is 4.31 Å². The van der Waals surface area contributed by atoms with E-state index >= 15 is 0 Å². The Hall–Kier alpha value is -2.10. The van der Waals surface area contributed by atoms with Gasteiger partial charge in [0, 0.05) is 13.6 Å². The molecule has 0 aliphatic heterocycles. The van der Waals surface area contributed by atoms with Crippen molar-refractivity contribution >= 4 is 16.0 Å². The summed E-state index contributed by atoms with van der Waals surface area (Å²) in [6.45, 7) is 0.111. The van der Waals surface area contributed by atoms with E-state index < -0.39 is 10.0 Å². The summed E-state index contributed by atoms with van der Waals surface area (Å²) in [5.41, 5.74) is 2.88. The number of hydrazine groups is 1. The van der Waals surface area contributed by atoms with Crippen LogP contribution in [0.2, 0.25) is 0 Å². The van der Waals surface area contributed by atoms with Gasteiger partial charge < -0.3 is 0 Å². The van der Waals surface area contributed by atoms with Crippen LogP contribution >= 0.6 is 0 Å². The Kier molecular flexibility index (Phi) is 4.46. The van der Waals surface area contributed by atoms with Crippen LogP contribution in [-0.4, -0.2) is 29.7 Å². The minimum absolute atomic E-state index is 0.0499. The smallest absolute Gasteiger partial charge is 0.246 e. The van der Waals surface area contributed by atoms with Gasteiger partial charge in [0.15, 0.2) is 0 Å². The number of sulfonamides is 1. The number of hydrogen-bond donors (Lipinski definition) is 2. The number of halogens is 1. The van der Waals surface area contributed by atoms with Gasteiger partial charge in [-0.3, -0.25) is 5.43 Å². The maximum atomic E-state index is 12.8. The van der Waals surface area contributed by atoms with Crippen molar-refractivity contribution < 1.29 is 12.8 Å². The van der Waals surface area contributed by atoms with Crippen LogP contribution in [0, 0.1) is 5.82 Å². The van der Waals surface area contributed by atoms with Crippen LogP contribution in [0.3, 0.4) is 0 Å². The summed E-state index contributed by atoms with van der Waals surface area (Å²) in [5.74, 6) is 4.87. The molecule has 0 saturated heterocycles. The van der Waals surface area contributed by atoms with E-state index in [1.807, 2.05) is 0 Å². The normalized spacial score (nSPS) is 11.6. The summed E-state index contributed by atoms with van der Waals surface area (Å²) >= 11 is 0. The average Bonchev–Trinajstić information content (AvgIpc) is 2.49. The number of hydrogen-bond acceptors (Lipinski definition) is 6. The van der Waals surface area contributed by atoms with Gasteiger partial charge in [-0.05, 0) is 17.7 Å². The van der Waals surface area contributed by atoms with Gasteiger partial charge in [0.1, 0.15) is 10.7 Å². The van der Waals surface area contributed by atoms with Crippen molar-refractivity contribution in [1.29, 1.82) is 0 Å². The van der Waals surface area contributed by atoms with Crippen LogP contribution < -0.4 is 11.3 Å². The average molecular weight is 311 g/mol. The molecule has 112 valence electrons. The minimum Gasteiger partial charge on any atom is -0.292 e. The SMILES string of the molecule is CN(Cc1ccc(F)cc1)S(=O)(=O)c1cnc(NN)nc1. The Morgan fingerprint density at radius 2 is 1.81 bits per heavy atom. The Labute approximate surface area is 121 Å². The highest BCUT2D eigenvalue weighted by Gasteiger charge is 2.21. The lowest BCUT2D eigenvalue weighted by molar-refractivity contribution is 0.466. The van der Waals surface area contributed by atoms with Crippen LogP contribution in [0.1, 0.15) is 5.56 Å². The fourth-order valence-electron chi connectivity index (χ4n) is 1.64. The maximum Gasteiger partial charge on any atom is 0.246 e. The van der Waals surface area contributed by atoms with E-state index in [1.165, 1.54) is 43.7 Å². The zero-order valence-electron chi connectivity index (χ0n) is 11.2. The Bertz CT molecular complexity index is 703. The predicted molar refractivity (Wildman–Crippen MR) is 74.9 cm³/mol. The number of nitrogens with two attached hydrogens (primary N) is 1. The third-order valence-corrected chi connectivity index (χ3v) is 4.54. The molecule has 1 aromatic heterocycles. The molecule has 0 aliphatic carbocycles. The van der Waals surface area contributed by atoms with E-state index in [-0.39, 0.29) is 23.2 Å². The van der Waals surface area contributed by atoms with Crippen LogP contribution in [0.4, 0.5) is 10.3 Å². The fourth-order valence-corrected chi connectivity index (χ4v) is 2.69. The van der Waals surface area contributed by atoms with Crippen molar-refractivity contribution in [2.24, 2.45) is 5.84 Å². The van der Waals surface area contributed by atoms with Crippen LogP contribution in [0.25, 0.3) is 0 Å². The Morgan fingerprint density at radius 1 is 1.24 bits per heavy atom. The zero-order valence-corrected chi connectivity index (χ0v) is 12.0. The third kappa shape index (κ3) is 3.51. The van der Waals surface area contributed by atoms with E-state index in [9.17, 15) is 12.8 Å². The second kappa shape index (κ2) is 6.12. The first kappa shape index (κ1) is 15.3. The first-order valence-corrected chi connectivity index (χ1v) is 7.37. The van der Waals surface area contributed by atoms with Gasteiger partial charge in [0.05, 0.1) is 12.4 Å². The predicted octanol–water partition coefficient (Wildman–Crippen LogP) is 0.722. The number of aromatic nitrogens is 2. The number of nitrogen functional groups attached to an aromatic ring is 1. The molecule has 0 bridgehead atoms. The molecular weight excluding hydrogens is 297 g/mol. The van der Waals surface area contributed by atoms with Gasteiger partial charge in [-0.25, -0.2) is 28.6 Å². The second-order valence-corrected chi connectivity index (χ2v) is 6.32. The highest BCUT2D eigenvalue weighted by Crippen LogP contribution is 2.16. The topological polar surface area (TPSA) is 101 Å². The molecule has 0 aliphatic rings. The van der Waals surface area contributed by atoms with Crippen LogP contribution in [-0.2, 0) is 16.6 Å². The molecule has 0 unspecified atom stereocenters. The monoisotopic (exact) mass is 311 g/mol. The van der Waals surface area contributed by atoms with Gasteiger partial charge in [0.2, 0.25) is 16.0 Å². The van der Waals surface area contributed by atoms with E-state index in [1.54, 1.807) is 0 Å². The molecule has 0 atom stereocenters. The quantitative estimate of drug-likeness (QED) is 0.623. The fraction of sp³-hybridized carbons (Fsp3) is 0.167. The van der Waals surface area contributed by atoms with Gasteiger partial charge in [-0.15, -0.1) is 0 Å². The molecule has 3 N–H and O–H groups in total. The maximum absolute atomic E-state index is 12.8. The van der Waals surface area contributed by atoms with Crippen LogP contribution in [0.5, 0.6) is 0 Å². The van der Waals surface area contributed by atoms with E-state index in [0.717, 1.165) is 4.31 Å². The number of nitrogens with zero attached hydrogens (tertiary/aromatic N) is 3. The standard InChI is InChI=1S/C12H14FN5O2S/c1-18(8-9-2-4-10(13)5-3-9)21(19,20)11-6-15-12(17-14)16-7-11/h2-7H,8,14H2,1H3,(H,15,16,17). The zero-order chi connectivity index (χ0) is 15.5. The molecule has 0 saturated carbocycles. The first-order chi connectivity index (χ1) is 9.93. The summed E-state index contributed by atoms with van der Waals surface area (Å²) in [6, 6.07) is 5.61. The van der Waals surface area contributed by atoms with Crippen LogP contribution in [0.15, 0.2) is 41.6 Å². The molecular formula is C12H14FN5O2S. The largest absolute Gasteiger partial charge is 0.292 e. The van der Waals surface area contributed by atoms with Crippen molar-refractivity contribution in [2.45, 2.75) is 11.4 Å². The molecule has 1 aromatic carbocycles. The summed E-state index contributed by atoms with van der Waals surface area (Å²) in [6.07, 6.45) is 2.33. The number of rotatable bonds is 5. The summed E-state index contributed by atoms with van der Waals surface area (Å²) < 4.78 is 38.6. The molecule has 0 amide bonds. The van der Waals surface area contributed by atoms with Crippen molar-refractivity contribution in [1.82, 2.24) is 14.3 Å². The van der Waals surface area contributed by atoms with Gasteiger partial charge in [0.25, 0.3) is 0 Å². The minimum atomic E-state index is -3.73. The number of nitrogens with one attached hydrogen (secondary N) is 1. The molecule has 0 fully saturated rings. The molecule has 2 rings (SSSR count). The molecule has 9 heteroatoms. The van der Waals surface area contributed by atoms with Crippen molar-refractivity contribution in [3.05, 3.63) is 48.0 Å². The highest BCUT2D eigenvalue weighted by atomic mass is 32.2.